The van der Waals surface area contributed by atoms with Crippen LogP contribution in [0.3, 0.4) is 0 Å². The van der Waals surface area contributed by atoms with Crippen molar-refractivity contribution < 1.29 is 9.59 Å². The van der Waals surface area contributed by atoms with Crippen molar-refractivity contribution >= 4 is 11.6 Å². The van der Waals surface area contributed by atoms with E-state index < -0.39 is 0 Å². The number of carbonyl (C=O) groups excluding carboxylic acids is 2. The summed E-state index contributed by atoms with van der Waals surface area (Å²) in [5.41, 5.74) is 1.52. The van der Waals surface area contributed by atoms with Crippen LogP contribution in [0.4, 0.5) is 0 Å². The first-order chi connectivity index (χ1) is 8.27. The van der Waals surface area contributed by atoms with Crippen molar-refractivity contribution in [2.24, 2.45) is 0 Å². The first kappa shape index (κ1) is 11.5. The van der Waals surface area contributed by atoms with Gasteiger partial charge in [-0.15, -0.1) is 0 Å². The Morgan fingerprint density at radius 1 is 1.06 bits per heavy atom. The average molecular weight is 226 g/mol. The van der Waals surface area contributed by atoms with Gasteiger partial charge in [0.05, 0.1) is 0 Å². The third-order valence-corrected chi connectivity index (χ3v) is 2.76. The van der Waals surface area contributed by atoms with Crippen LogP contribution in [-0.2, 0) is 16.0 Å². The molecule has 2 nitrogen and oxygen atoms in total. The zero-order valence-electron chi connectivity index (χ0n) is 9.56. The SMILES string of the molecule is O=C(Cc1ccccc1)C(=O)C1=CCC=CC1. The lowest BCUT2D eigenvalue weighted by Gasteiger charge is -2.06. The van der Waals surface area contributed by atoms with E-state index in [4.69, 9.17) is 0 Å². The highest BCUT2D eigenvalue weighted by atomic mass is 16.2. The van der Waals surface area contributed by atoms with Crippen molar-refractivity contribution in [1.29, 1.82) is 0 Å². The van der Waals surface area contributed by atoms with Crippen molar-refractivity contribution in [2.75, 3.05) is 0 Å². The molecule has 0 fully saturated rings. The molecule has 1 aliphatic carbocycles. The fourth-order valence-electron chi connectivity index (χ4n) is 1.83. The number of allylic oxidation sites excluding steroid dienone is 4. The molecule has 1 aromatic carbocycles. The van der Waals surface area contributed by atoms with E-state index in [1.165, 1.54) is 0 Å². The molecule has 0 bridgehead atoms. The fourth-order valence-corrected chi connectivity index (χ4v) is 1.83. The van der Waals surface area contributed by atoms with Gasteiger partial charge in [0.1, 0.15) is 0 Å². The number of carbonyl (C=O) groups is 2. The number of hydrogen-bond donors (Lipinski definition) is 0. The van der Waals surface area contributed by atoms with Crippen molar-refractivity contribution in [2.45, 2.75) is 19.3 Å². The maximum Gasteiger partial charge on any atom is 0.224 e. The standard InChI is InChI=1S/C15H14O2/c16-14(11-12-7-3-1-4-8-12)15(17)13-9-5-2-6-10-13/h1-5,7-8,10H,6,9,11H2. The summed E-state index contributed by atoms with van der Waals surface area (Å²) in [5, 5.41) is 0. The summed E-state index contributed by atoms with van der Waals surface area (Å²) < 4.78 is 0. The van der Waals surface area contributed by atoms with Crippen LogP contribution < -0.4 is 0 Å². The van der Waals surface area contributed by atoms with Crippen LogP contribution in [0.25, 0.3) is 0 Å². The number of hydrogen-bond acceptors (Lipinski definition) is 2. The number of benzene rings is 1. The lowest BCUT2D eigenvalue weighted by atomic mass is 9.96. The summed E-state index contributed by atoms with van der Waals surface area (Å²) in [7, 11) is 0. The number of ketones is 2. The molecular weight excluding hydrogens is 212 g/mol. The Labute approximate surface area is 101 Å². The van der Waals surface area contributed by atoms with Gasteiger partial charge in [0.2, 0.25) is 11.6 Å². The minimum absolute atomic E-state index is 0.195. The van der Waals surface area contributed by atoms with Crippen molar-refractivity contribution in [3.05, 3.63) is 59.7 Å². The molecule has 0 amide bonds. The maximum atomic E-state index is 11.9. The van der Waals surface area contributed by atoms with Gasteiger partial charge in [-0.3, -0.25) is 9.59 Å². The summed E-state index contributed by atoms with van der Waals surface area (Å²) in [6.07, 6.45) is 7.30. The van der Waals surface area contributed by atoms with Crippen LogP contribution in [0.15, 0.2) is 54.1 Å². The van der Waals surface area contributed by atoms with Crippen molar-refractivity contribution in [3.63, 3.8) is 0 Å². The van der Waals surface area contributed by atoms with Gasteiger partial charge in [-0.25, -0.2) is 0 Å². The van der Waals surface area contributed by atoms with Crippen LogP contribution in [0, 0.1) is 0 Å². The fraction of sp³-hybridized carbons (Fsp3) is 0.200. The van der Waals surface area contributed by atoms with Crippen molar-refractivity contribution in [1.82, 2.24) is 0 Å². The summed E-state index contributed by atoms with van der Waals surface area (Å²) in [5.74, 6) is -0.657. The zero-order chi connectivity index (χ0) is 12.1. The van der Waals surface area contributed by atoms with E-state index in [9.17, 15) is 9.59 Å². The van der Waals surface area contributed by atoms with Crippen LogP contribution in [0.1, 0.15) is 18.4 Å². The van der Waals surface area contributed by atoms with Gasteiger partial charge in [0.25, 0.3) is 0 Å². The summed E-state index contributed by atoms with van der Waals surface area (Å²) in [6.45, 7) is 0. The third-order valence-electron chi connectivity index (χ3n) is 2.76. The lowest BCUT2D eigenvalue weighted by Crippen LogP contribution is -2.19. The molecule has 0 N–H and O–H groups in total. The van der Waals surface area contributed by atoms with Gasteiger partial charge in [0.15, 0.2) is 0 Å². The summed E-state index contributed by atoms with van der Waals surface area (Å²) >= 11 is 0. The third kappa shape index (κ3) is 3.00. The quantitative estimate of drug-likeness (QED) is 0.584. The van der Waals surface area contributed by atoms with E-state index in [0.717, 1.165) is 12.0 Å². The van der Waals surface area contributed by atoms with Gasteiger partial charge in [-0.1, -0.05) is 48.6 Å². The molecule has 0 saturated heterocycles. The Morgan fingerprint density at radius 2 is 1.82 bits per heavy atom. The predicted molar refractivity (Wildman–Crippen MR) is 66.6 cm³/mol. The molecule has 0 heterocycles. The topological polar surface area (TPSA) is 34.1 Å². The lowest BCUT2D eigenvalue weighted by molar-refractivity contribution is -0.134. The van der Waals surface area contributed by atoms with Crippen LogP contribution in [0.5, 0.6) is 0 Å². The summed E-state index contributed by atoms with van der Waals surface area (Å²) in [4.78, 5) is 23.6. The van der Waals surface area contributed by atoms with E-state index in [1.54, 1.807) is 0 Å². The molecule has 17 heavy (non-hydrogen) atoms. The highest BCUT2D eigenvalue weighted by molar-refractivity contribution is 6.43. The van der Waals surface area contributed by atoms with Gasteiger partial charge in [0, 0.05) is 12.0 Å². The monoisotopic (exact) mass is 226 g/mol. The molecule has 2 rings (SSSR count). The number of rotatable bonds is 4. The Balaban J connectivity index is 2.01. The molecule has 0 unspecified atom stereocenters. The van der Waals surface area contributed by atoms with Gasteiger partial charge < -0.3 is 0 Å². The molecule has 0 radical (unpaired) electrons. The average Bonchev–Trinajstić information content (AvgIpc) is 2.40. The molecule has 0 saturated carbocycles. The van der Waals surface area contributed by atoms with Crippen LogP contribution >= 0.6 is 0 Å². The van der Waals surface area contributed by atoms with Gasteiger partial charge in [-0.05, 0) is 18.4 Å². The Hall–Kier alpha value is -1.96. The largest absolute Gasteiger partial charge is 0.290 e. The molecule has 1 aromatic rings. The normalized spacial score (nSPS) is 14.2. The first-order valence-corrected chi connectivity index (χ1v) is 5.73. The maximum absolute atomic E-state index is 11.9. The van der Waals surface area contributed by atoms with E-state index in [1.807, 2.05) is 48.6 Å². The van der Waals surface area contributed by atoms with Gasteiger partial charge in [-0.2, -0.15) is 0 Å². The zero-order valence-corrected chi connectivity index (χ0v) is 9.56. The second-order valence-corrected chi connectivity index (χ2v) is 4.06. The Morgan fingerprint density at radius 3 is 2.47 bits per heavy atom. The van der Waals surface area contributed by atoms with Crippen LogP contribution in [0.2, 0.25) is 0 Å². The summed E-state index contributed by atoms with van der Waals surface area (Å²) in [6, 6.07) is 9.36. The smallest absolute Gasteiger partial charge is 0.224 e. The van der Waals surface area contributed by atoms with Gasteiger partial charge >= 0.3 is 0 Å². The molecule has 0 spiro atoms. The Bertz CT molecular complexity index is 481. The molecular formula is C15H14O2. The van der Waals surface area contributed by atoms with E-state index >= 15 is 0 Å². The molecule has 0 aliphatic heterocycles. The minimum atomic E-state index is -0.335. The predicted octanol–water partition coefficient (Wildman–Crippen LogP) is 2.64. The second-order valence-electron chi connectivity index (χ2n) is 4.06. The van der Waals surface area contributed by atoms with Crippen molar-refractivity contribution in [3.8, 4) is 0 Å². The first-order valence-electron chi connectivity index (χ1n) is 5.73. The highest BCUT2D eigenvalue weighted by Gasteiger charge is 2.18. The van der Waals surface area contributed by atoms with Crippen LogP contribution in [-0.4, -0.2) is 11.6 Å². The minimum Gasteiger partial charge on any atom is -0.290 e. The molecule has 1 aliphatic rings. The Kier molecular flexibility index (Phi) is 3.66. The van der Waals surface area contributed by atoms with E-state index in [0.29, 0.717) is 12.0 Å². The highest BCUT2D eigenvalue weighted by Crippen LogP contribution is 2.13. The molecule has 0 aromatic heterocycles. The second kappa shape index (κ2) is 5.39. The molecule has 2 heteroatoms. The van der Waals surface area contributed by atoms with E-state index in [2.05, 4.69) is 0 Å². The molecule has 0 atom stereocenters. The number of Topliss-reactive ketones (excluding diaryl/α,β-unsaturated/α-hetero) is 2. The molecule has 86 valence electrons. The van der Waals surface area contributed by atoms with E-state index in [-0.39, 0.29) is 18.0 Å².